The molecule has 0 fully saturated rings. The van der Waals surface area contributed by atoms with Crippen molar-refractivity contribution in [1.29, 1.82) is 0 Å². The van der Waals surface area contributed by atoms with Gasteiger partial charge in [0.05, 0.1) is 5.60 Å². The lowest BCUT2D eigenvalue weighted by Gasteiger charge is -2.23. The molecular formula is C5H15NO7P2. The zero-order valence-corrected chi connectivity index (χ0v) is 10.1. The second-order valence-electron chi connectivity index (χ2n) is 2.94. The molecule has 0 bridgehead atoms. The third-order valence-electron chi connectivity index (χ3n) is 1.05. The summed E-state index contributed by atoms with van der Waals surface area (Å²) in [4.78, 5) is 25.4. The summed E-state index contributed by atoms with van der Waals surface area (Å²) >= 11 is 0. The van der Waals surface area contributed by atoms with E-state index in [0.29, 0.717) is 0 Å². The molecule has 0 aromatic carbocycles. The van der Waals surface area contributed by atoms with Crippen LogP contribution >= 0.6 is 15.6 Å². The van der Waals surface area contributed by atoms with Crippen molar-refractivity contribution < 1.29 is 32.6 Å². The lowest BCUT2D eigenvalue weighted by Crippen LogP contribution is -2.19. The SMILES string of the molecule is C=CC(C)(C)OP(=O)(O)OP(=O)(O)O.N. The highest BCUT2D eigenvalue weighted by atomic mass is 31.3. The van der Waals surface area contributed by atoms with E-state index in [1.165, 1.54) is 19.9 Å². The van der Waals surface area contributed by atoms with Crippen LogP contribution in [0.5, 0.6) is 0 Å². The summed E-state index contributed by atoms with van der Waals surface area (Å²) in [5.41, 5.74) is -1.22. The van der Waals surface area contributed by atoms with Crippen molar-refractivity contribution in [2.24, 2.45) is 0 Å². The molecule has 0 aliphatic rings. The van der Waals surface area contributed by atoms with Crippen LogP contribution in [0.2, 0.25) is 0 Å². The molecule has 92 valence electrons. The van der Waals surface area contributed by atoms with Crippen molar-refractivity contribution in [1.82, 2.24) is 6.15 Å². The quantitative estimate of drug-likeness (QED) is 0.428. The molecule has 15 heavy (non-hydrogen) atoms. The highest BCUT2D eigenvalue weighted by molar-refractivity contribution is 7.60. The maximum absolute atomic E-state index is 11.0. The molecule has 0 aliphatic heterocycles. The molecule has 0 amide bonds. The summed E-state index contributed by atoms with van der Waals surface area (Å²) in [5.74, 6) is 0. The van der Waals surface area contributed by atoms with Crippen molar-refractivity contribution in [3.63, 3.8) is 0 Å². The van der Waals surface area contributed by atoms with Gasteiger partial charge in [0, 0.05) is 0 Å². The Morgan fingerprint density at radius 3 is 1.93 bits per heavy atom. The van der Waals surface area contributed by atoms with Gasteiger partial charge in [0.1, 0.15) is 0 Å². The first kappa shape index (κ1) is 17.4. The van der Waals surface area contributed by atoms with Gasteiger partial charge in [0.25, 0.3) is 0 Å². The molecule has 8 nitrogen and oxygen atoms in total. The van der Waals surface area contributed by atoms with Crippen LogP contribution in [-0.4, -0.2) is 20.3 Å². The van der Waals surface area contributed by atoms with Crippen LogP contribution in [0.1, 0.15) is 13.8 Å². The van der Waals surface area contributed by atoms with E-state index in [1.807, 2.05) is 0 Å². The van der Waals surface area contributed by atoms with Gasteiger partial charge in [0.15, 0.2) is 0 Å². The van der Waals surface area contributed by atoms with Crippen LogP contribution in [0.25, 0.3) is 0 Å². The molecule has 0 spiro atoms. The third kappa shape index (κ3) is 8.92. The van der Waals surface area contributed by atoms with E-state index in [1.54, 1.807) is 0 Å². The van der Waals surface area contributed by atoms with E-state index in [-0.39, 0.29) is 6.15 Å². The van der Waals surface area contributed by atoms with E-state index in [4.69, 9.17) is 14.7 Å². The molecule has 0 heterocycles. The molecule has 0 aliphatic carbocycles. The van der Waals surface area contributed by atoms with Crippen molar-refractivity contribution in [2.45, 2.75) is 19.4 Å². The molecule has 10 heteroatoms. The Morgan fingerprint density at radius 1 is 1.27 bits per heavy atom. The van der Waals surface area contributed by atoms with Crippen LogP contribution < -0.4 is 6.15 Å². The molecule has 0 aromatic heterocycles. The van der Waals surface area contributed by atoms with Gasteiger partial charge in [-0.25, -0.2) is 9.13 Å². The van der Waals surface area contributed by atoms with E-state index >= 15 is 0 Å². The van der Waals surface area contributed by atoms with Gasteiger partial charge in [-0.05, 0) is 13.8 Å². The van der Waals surface area contributed by atoms with E-state index < -0.39 is 21.2 Å². The zero-order valence-electron chi connectivity index (χ0n) is 8.36. The van der Waals surface area contributed by atoms with Gasteiger partial charge in [-0.3, -0.25) is 4.52 Å². The molecule has 1 atom stereocenters. The number of hydrogen-bond acceptors (Lipinski definition) is 5. The maximum atomic E-state index is 11.0. The van der Waals surface area contributed by atoms with Gasteiger partial charge >= 0.3 is 15.6 Å². The summed E-state index contributed by atoms with van der Waals surface area (Å²) < 4.78 is 29.2. The van der Waals surface area contributed by atoms with Crippen molar-refractivity contribution in [3.8, 4) is 0 Å². The fourth-order valence-corrected chi connectivity index (χ4v) is 2.36. The van der Waals surface area contributed by atoms with Gasteiger partial charge in [-0.1, -0.05) is 6.08 Å². The number of hydrogen-bond donors (Lipinski definition) is 4. The first-order chi connectivity index (χ1) is 5.97. The normalized spacial score (nSPS) is 16.3. The van der Waals surface area contributed by atoms with Crippen LogP contribution in [0.15, 0.2) is 12.7 Å². The van der Waals surface area contributed by atoms with Crippen LogP contribution in [0.3, 0.4) is 0 Å². The van der Waals surface area contributed by atoms with E-state index in [0.717, 1.165) is 0 Å². The Kier molecular flexibility index (Phi) is 6.18. The Morgan fingerprint density at radius 2 is 1.67 bits per heavy atom. The topological polar surface area (TPSA) is 148 Å². The van der Waals surface area contributed by atoms with Crippen LogP contribution in [-0.2, 0) is 18.0 Å². The minimum absolute atomic E-state index is 0. The molecule has 1 unspecified atom stereocenters. The molecular weight excluding hydrogens is 248 g/mol. The summed E-state index contributed by atoms with van der Waals surface area (Å²) in [6.07, 6.45) is 1.19. The van der Waals surface area contributed by atoms with Crippen molar-refractivity contribution in [3.05, 3.63) is 12.7 Å². The van der Waals surface area contributed by atoms with Crippen LogP contribution in [0, 0.1) is 0 Å². The van der Waals surface area contributed by atoms with Gasteiger partial charge in [0.2, 0.25) is 0 Å². The van der Waals surface area contributed by atoms with Gasteiger partial charge in [-0.15, -0.1) is 6.58 Å². The Balaban J connectivity index is 0. The standard InChI is InChI=1S/C5H12O7P2.H3N/c1-4-5(2,3)11-14(9,10)12-13(6,7)8;/h4H,1H2,2-3H3,(H,9,10)(H2,6,7,8);1H3. The summed E-state index contributed by atoms with van der Waals surface area (Å²) in [7, 11) is -9.84. The minimum atomic E-state index is -5.06. The van der Waals surface area contributed by atoms with Crippen LogP contribution in [0.4, 0.5) is 0 Å². The predicted octanol–water partition coefficient (Wildman–Crippen LogP) is 1.34. The molecule has 0 saturated carbocycles. The monoisotopic (exact) mass is 263 g/mol. The fraction of sp³-hybridized carbons (Fsp3) is 0.600. The van der Waals surface area contributed by atoms with E-state index in [9.17, 15) is 9.13 Å². The van der Waals surface area contributed by atoms with Gasteiger partial charge in [-0.2, -0.15) is 4.31 Å². The Labute approximate surface area is 87.4 Å². The van der Waals surface area contributed by atoms with Crippen molar-refractivity contribution in [2.75, 3.05) is 0 Å². The average Bonchev–Trinajstić information content (AvgIpc) is 1.78. The van der Waals surface area contributed by atoms with E-state index in [2.05, 4.69) is 15.4 Å². The Bertz CT molecular complexity index is 309. The summed E-state index contributed by atoms with van der Waals surface area (Å²) in [6.45, 7) is 6.07. The molecule has 0 aromatic rings. The molecule has 0 saturated heterocycles. The molecule has 0 rings (SSSR count). The first-order valence-electron chi connectivity index (χ1n) is 3.41. The lowest BCUT2D eigenvalue weighted by atomic mass is 10.1. The zero-order chi connectivity index (χ0) is 11.6. The number of rotatable bonds is 5. The van der Waals surface area contributed by atoms with Crippen molar-refractivity contribution >= 4 is 15.6 Å². The summed E-state index contributed by atoms with van der Waals surface area (Å²) in [6, 6.07) is 0. The average molecular weight is 263 g/mol. The number of phosphoric acid groups is 2. The third-order valence-corrected chi connectivity index (χ3v) is 3.43. The fourth-order valence-electron chi connectivity index (χ4n) is 0.486. The highest BCUT2D eigenvalue weighted by Crippen LogP contribution is 2.59. The Hall–Kier alpha value is -0.0400. The second kappa shape index (κ2) is 5.34. The molecule has 6 N–H and O–H groups in total. The lowest BCUT2D eigenvalue weighted by molar-refractivity contribution is 0.100. The number of phosphoric ester groups is 1. The minimum Gasteiger partial charge on any atom is -0.344 e. The maximum Gasteiger partial charge on any atom is 0.481 e. The van der Waals surface area contributed by atoms with Gasteiger partial charge < -0.3 is 20.8 Å². The second-order valence-corrected chi connectivity index (χ2v) is 5.69. The largest absolute Gasteiger partial charge is 0.481 e. The first-order valence-corrected chi connectivity index (χ1v) is 6.44. The molecule has 0 radical (unpaired) electrons. The smallest absolute Gasteiger partial charge is 0.344 e. The predicted molar refractivity (Wildman–Crippen MR) is 53.3 cm³/mol. The summed E-state index contributed by atoms with van der Waals surface area (Å²) in [5, 5.41) is 0. The highest BCUT2D eigenvalue weighted by Gasteiger charge is 2.36.